The van der Waals surface area contributed by atoms with Gasteiger partial charge in [-0.15, -0.1) is 0 Å². The van der Waals surface area contributed by atoms with Crippen LogP contribution in [0.2, 0.25) is 0 Å². The Morgan fingerprint density at radius 2 is 1.81 bits per heavy atom. The van der Waals surface area contributed by atoms with E-state index in [1.54, 1.807) is 12.1 Å². The summed E-state index contributed by atoms with van der Waals surface area (Å²) in [7, 11) is 0. The average molecular weight is 357 g/mol. The standard InChI is InChI=1S/C21H24FNO3/c22-17-6-4-15(5-7-17)8-11-23-12-9-16(10-13-23)21(26)18-2-1-3-20(25)19(18)14-24/h1-7,16,24-25H,8-14H2. The fraction of sp³-hybridized carbons (Fsp3) is 0.381. The van der Waals surface area contributed by atoms with Crippen LogP contribution in [0.15, 0.2) is 42.5 Å². The lowest BCUT2D eigenvalue weighted by Crippen LogP contribution is -2.37. The number of carbonyl (C=O) groups is 1. The zero-order chi connectivity index (χ0) is 18.5. The van der Waals surface area contributed by atoms with Gasteiger partial charge in [-0.1, -0.05) is 24.3 Å². The van der Waals surface area contributed by atoms with Gasteiger partial charge in [0, 0.05) is 23.6 Å². The van der Waals surface area contributed by atoms with Gasteiger partial charge in [-0.3, -0.25) is 4.79 Å². The van der Waals surface area contributed by atoms with Crippen LogP contribution in [0.1, 0.15) is 34.3 Å². The third-order valence-electron chi connectivity index (χ3n) is 5.16. The Balaban J connectivity index is 1.54. The molecule has 26 heavy (non-hydrogen) atoms. The van der Waals surface area contributed by atoms with Gasteiger partial charge in [-0.05, 0) is 56.1 Å². The molecular formula is C21H24FNO3. The monoisotopic (exact) mass is 357 g/mol. The summed E-state index contributed by atoms with van der Waals surface area (Å²) < 4.78 is 12.9. The molecule has 1 heterocycles. The van der Waals surface area contributed by atoms with Gasteiger partial charge in [-0.25, -0.2) is 4.39 Å². The zero-order valence-corrected chi connectivity index (χ0v) is 14.7. The number of halogens is 1. The number of nitrogens with zero attached hydrogens (tertiary/aromatic N) is 1. The highest BCUT2D eigenvalue weighted by Crippen LogP contribution is 2.27. The molecule has 2 N–H and O–H groups in total. The maximum absolute atomic E-state index is 12.9. The molecule has 0 atom stereocenters. The molecule has 1 fully saturated rings. The largest absolute Gasteiger partial charge is 0.508 e. The molecule has 2 aromatic carbocycles. The minimum Gasteiger partial charge on any atom is -0.508 e. The second-order valence-electron chi connectivity index (χ2n) is 6.82. The molecule has 0 amide bonds. The summed E-state index contributed by atoms with van der Waals surface area (Å²) in [5, 5.41) is 19.3. The number of aromatic hydroxyl groups is 1. The van der Waals surface area contributed by atoms with E-state index in [1.165, 1.54) is 18.2 Å². The second-order valence-corrected chi connectivity index (χ2v) is 6.82. The Bertz CT molecular complexity index is 752. The smallest absolute Gasteiger partial charge is 0.166 e. The van der Waals surface area contributed by atoms with Crippen molar-refractivity contribution >= 4 is 5.78 Å². The van der Waals surface area contributed by atoms with Crippen LogP contribution in [0, 0.1) is 11.7 Å². The maximum atomic E-state index is 12.9. The Kier molecular flexibility index (Phi) is 6.01. The molecule has 1 saturated heterocycles. The van der Waals surface area contributed by atoms with Crippen molar-refractivity contribution in [1.29, 1.82) is 0 Å². The normalized spacial score (nSPS) is 15.9. The van der Waals surface area contributed by atoms with Gasteiger partial charge in [0.25, 0.3) is 0 Å². The van der Waals surface area contributed by atoms with Crippen molar-refractivity contribution in [2.45, 2.75) is 25.9 Å². The average Bonchev–Trinajstić information content (AvgIpc) is 2.67. The summed E-state index contributed by atoms with van der Waals surface area (Å²) >= 11 is 0. The van der Waals surface area contributed by atoms with E-state index in [0.717, 1.165) is 44.5 Å². The summed E-state index contributed by atoms with van der Waals surface area (Å²) in [6.07, 6.45) is 2.39. The van der Waals surface area contributed by atoms with Crippen molar-refractivity contribution in [3.05, 3.63) is 65.0 Å². The first-order chi connectivity index (χ1) is 12.6. The highest BCUT2D eigenvalue weighted by atomic mass is 19.1. The van der Waals surface area contributed by atoms with Gasteiger partial charge in [-0.2, -0.15) is 0 Å². The minimum absolute atomic E-state index is 0.00290. The molecule has 1 aliphatic rings. The van der Waals surface area contributed by atoms with Crippen molar-refractivity contribution in [3.8, 4) is 5.75 Å². The van der Waals surface area contributed by atoms with E-state index in [2.05, 4.69) is 4.90 Å². The van der Waals surface area contributed by atoms with E-state index >= 15 is 0 Å². The number of hydrogen-bond acceptors (Lipinski definition) is 4. The Morgan fingerprint density at radius 3 is 2.46 bits per heavy atom. The summed E-state index contributed by atoms with van der Waals surface area (Å²) in [5.74, 6) is -0.329. The number of aliphatic hydroxyl groups is 1. The second kappa shape index (κ2) is 8.43. The number of phenols is 1. The molecule has 3 rings (SSSR count). The molecular weight excluding hydrogens is 333 g/mol. The number of hydrogen-bond donors (Lipinski definition) is 2. The zero-order valence-electron chi connectivity index (χ0n) is 14.7. The van der Waals surface area contributed by atoms with E-state index < -0.39 is 0 Å². The van der Waals surface area contributed by atoms with Crippen molar-refractivity contribution in [2.75, 3.05) is 19.6 Å². The molecule has 2 aromatic rings. The van der Waals surface area contributed by atoms with E-state index in [1.807, 2.05) is 12.1 Å². The SMILES string of the molecule is O=C(c1cccc(O)c1CO)C1CCN(CCc2ccc(F)cc2)CC1. The first kappa shape index (κ1) is 18.5. The fourth-order valence-corrected chi connectivity index (χ4v) is 3.55. The number of piperidine rings is 1. The Labute approximate surface area is 152 Å². The third kappa shape index (κ3) is 4.29. The fourth-order valence-electron chi connectivity index (χ4n) is 3.55. The van der Waals surface area contributed by atoms with Crippen LogP contribution >= 0.6 is 0 Å². The highest BCUT2D eigenvalue weighted by Gasteiger charge is 2.27. The van der Waals surface area contributed by atoms with E-state index in [0.29, 0.717) is 11.1 Å². The molecule has 0 unspecified atom stereocenters. The summed E-state index contributed by atoms with van der Waals surface area (Å²) in [5.41, 5.74) is 1.85. The van der Waals surface area contributed by atoms with Crippen LogP contribution in [0.3, 0.4) is 0 Å². The quantitative estimate of drug-likeness (QED) is 0.780. The van der Waals surface area contributed by atoms with Crippen LogP contribution < -0.4 is 0 Å². The molecule has 0 saturated carbocycles. The predicted octanol–water partition coefficient (Wildman–Crippen LogP) is 3.16. The molecule has 0 bridgehead atoms. The number of carbonyl (C=O) groups excluding carboxylic acids is 1. The first-order valence-corrected chi connectivity index (χ1v) is 9.01. The number of Topliss-reactive ketones (excluding diaryl/α,β-unsaturated/α-hetero) is 1. The van der Waals surface area contributed by atoms with Gasteiger partial charge in [0.1, 0.15) is 11.6 Å². The lowest BCUT2D eigenvalue weighted by molar-refractivity contribution is 0.0837. The van der Waals surface area contributed by atoms with Gasteiger partial charge >= 0.3 is 0 Å². The highest BCUT2D eigenvalue weighted by molar-refractivity contribution is 5.99. The van der Waals surface area contributed by atoms with E-state index in [9.17, 15) is 19.4 Å². The molecule has 4 nitrogen and oxygen atoms in total. The summed E-state index contributed by atoms with van der Waals surface area (Å²) in [6.45, 7) is 2.22. The van der Waals surface area contributed by atoms with E-state index in [4.69, 9.17) is 0 Å². The maximum Gasteiger partial charge on any atom is 0.166 e. The van der Waals surface area contributed by atoms with Crippen molar-refractivity contribution in [2.24, 2.45) is 5.92 Å². The molecule has 1 aliphatic heterocycles. The molecule has 0 radical (unpaired) electrons. The third-order valence-corrected chi connectivity index (χ3v) is 5.16. The van der Waals surface area contributed by atoms with Gasteiger partial charge < -0.3 is 15.1 Å². The van der Waals surface area contributed by atoms with Crippen molar-refractivity contribution < 1.29 is 19.4 Å². The molecule has 138 valence electrons. The lowest BCUT2D eigenvalue weighted by atomic mass is 9.87. The number of benzene rings is 2. The van der Waals surface area contributed by atoms with Crippen LogP contribution in [-0.2, 0) is 13.0 Å². The summed E-state index contributed by atoms with van der Waals surface area (Å²) in [4.78, 5) is 15.1. The lowest BCUT2D eigenvalue weighted by Gasteiger charge is -2.31. The van der Waals surface area contributed by atoms with Crippen molar-refractivity contribution in [1.82, 2.24) is 4.90 Å². The molecule has 5 heteroatoms. The topological polar surface area (TPSA) is 60.8 Å². The number of aliphatic hydroxyl groups excluding tert-OH is 1. The predicted molar refractivity (Wildman–Crippen MR) is 97.6 cm³/mol. The number of likely N-dealkylation sites (tertiary alicyclic amines) is 1. The van der Waals surface area contributed by atoms with Crippen LogP contribution in [0.25, 0.3) is 0 Å². The van der Waals surface area contributed by atoms with Crippen molar-refractivity contribution in [3.63, 3.8) is 0 Å². The minimum atomic E-state index is -0.343. The molecule has 0 spiro atoms. The number of ketones is 1. The first-order valence-electron chi connectivity index (χ1n) is 9.01. The summed E-state index contributed by atoms with van der Waals surface area (Å²) in [6, 6.07) is 11.4. The van der Waals surface area contributed by atoms with Crippen LogP contribution in [-0.4, -0.2) is 40.5 Å². The van der Waals surface area contributed by atoms with Gasteiger partial charge in [0.2, 0.25) is 0 Å². The van der Waals surface area contributed by atoms with Gasteiger partial charge in [0.15, 0.2) is 5.78 Å². The Hall–Kier alpha value is -2.24. The molecule has 0 aliphatic carbocycles. The van der Waals surface area contributed by atoms with E-state index in [-0.39, 0.29) is 29.9 Å². The number of rotatable bonds is 6. The Morgan fingerprint density at radius 1 is 1.12 bits per heavy atom. The van der Waals surface area contributed by atoms with Gasteiger partial charge in [0.05, 0.1) is 6.61 Å². The van der Waals surface area contributed by atoms with Crippen LogP contribution in [0.5, 0.6) is 5.75 Å². The van der Waals surface area contributed by atoms with Crippen LogP contribution in [0.4, 0.5) is 4.39 Å². The molecule has 0 aromatic heterocycles.